The normalized spacial score (nSPS) is 13.4. The van der Waals surface area contributed by atoms with E-state index in [4.69, 9.17) is 9.15 Å². The molecule has 6 heteroatoms. The first-order chi connectivity index (χ1) is 13.0. The number of carbonyl (C=O) groups excluding carboxylic acids is 2. The van der Waals surface area contributed by atoms with Crippen LogP contribution >= 0.6 is 0 Å². The lowest BCUT2D eigenvalue weighted by molar-refractivity contribution is -0.121. The molecule has 4 rings (SSSR count). The van der Waals surface area contributed by atoms with Crippen LogP contribution in [-0.4, -0.2) is 25.0 Å². The van der Waals surface area contributed by atoms with E-state index in [0.717, 1.165) is 16.5 Å². The van der Waals surface area contributed by atoms with Gasteiger partial charge in [-0.2, -0.15) is 0 Å². The van der Waals surface area contributed by atoms with Gasteiger partial charge in [0, 0.05) is 23.2 Å². The highest BCUT2D eigenvalue weighted by Gasteiger charge is 2.25. The lowest BCUT2D eigenvalue weighted by Crippen LogP contribution is -2.38. The van der Waals surface area contributed by atoms with Gasteiger partial charge in [-0.25, -0.2) is 0 Å². The molecule has 2 aromatic carbocycles. The van der Waals surface area contributed by atoms with E-state index in [1.807, 2.05) is 39.0 Å². The van der Waals surface area contributed by atoms with E-state index in [1.165, 1.54) is 0 Å². The molecular weight excluding hydrogens is 344 g/mol. The second-order valence-electron chi connectivity index (χ2n) is 6.62. The number of ether oxygens (including phenoxy) is 1. The number of hydrogen-bond donors (Lipinski definition) is 1. The molecule has 1 aliphatic heterocycles. The van der Waals surface area contributed by atoms with Gasteiger partial charge in [0.05, 0.1) is 5.69 Å². The monoisotopic (exact) mass is 364 g/mol. The summed E-state index contributed by atoms with van der Waals surface area (Å²) in [6.45, 7) is 6.32. The SMILES string of the molecule is CCN1C(=O)COc2ccc(NC(=O)c3oc4cc(C)ccc4c3C)cc21. The zero-order valence-corrected chi connectivity index (χ0v) is 15.5. The number of carbonyl (C=O) groups is 2. The van der Waals surface area contributed by atoms with Crippen molar-refractivity contribution in [1.29, 1.82) is 0 Å². The fourth-order valence-electron chi connectivity index (χ4n) is 3.36. The summed E-state index contributed by atoms with van der Waals surface area (Å²) in [6.07, 6.45) is 0. The van der Waals surface area contributed by atoms with E-state index >= 15 is 0 Å². The van der Waals surface area contributed by atoms with Gasteiger partial charge in [0.15, 0.2) is 12.4 Å². The average molecular weight is 364 g/mol. The molecule has 2 amide bonds. The maximum absolute atomic E-state index is 12.8. The minimum atomic E-state index is -0.326. The van der Waals surface area contributed by atoms with Crippen LogP contribution < -0.4 is 15.0 Å². The zero-order chi connectivity index (χ0) is 19.1. The summed E-state index contributed by atoms with van der Waals surface area (Å²) in [5, 5.41) is 3.78. The molecule has 1 N–H and O–H groups in total. The number of aryl methyl sites for hydroxylation is 2. The number of fused-ring (bicyclic) bond motifs is 2. The molecule has 0 spiro atoms. The Labute approximate surface area is 156 Å². The highest BCUT2D eigenvalue weighted by atomic mass is 16.5. The number of furan rings is 1. The fraction of sp³-hybridized carbons (Fsp3) is 0.238. The number of benzene rings is 2. The quantitative estimate of drug-likeness (QED) is 0.761. The molecule has 0 bridgehead atoms. The third-order valence-corrected chi connectivity index (χ3v) is 4.78. The third-order valence-electron chi connectivity index (χ3n) is 4.78. The van der Waals surface area contributed by atoms with Crippen molar-refractivity contribution in [2.24, 2.45) is 0 Å². The van der Waals surface area contributed by atoms with Crippen molar-refractivity contribution in [2.45, 2.75) is 20.8 Å². The molecule has 138 valence electrons. The number of rotatable bonds is 3. The molecule has 27 heavy (non-hydrogen) atoms. The minimum absolute atomic E-state index is 0.0319. The molecule has 0 saturated heterocycles. The molecule has 0 aliphatic carbocycles. The Morgan fingerprint density at radius 2 is 2.00 bits per heavy atom. The van der Waals surface area contributed by atoms with Gasteiger partial charge in [0.2, 0.25) is 0 Å². The molecule has 1 aromatic heterocycles. The Hall–Kier alpha value is -3.28. The molecule has 0 fully saturated rings. The largest absolute Gasteiger partial charge is 0.482 e. The lowest BCUT2D eigenvalue weighted by atomic mass is 10.1. The zero-order valence-electron chi connectivity index (χ0n) is 15.5. The van der Waals surface area contributed by atoms with Crippen LogP contribution in [0.1, 0.15) is 28.6 Å². The van der Waals surface area contributed by atoms with E-state index < -0.39 is 0 Å². The fourth-order valence-corrected chi connectivity index (χ4v) is 3.36. The Balaban J connectivity index is 1.65. The van der Waals surface area contributed by atoms with E-state index in [1.54, 1.807) is 23.1 Å². The summed E-state index contributed by atoms with van der Waals surface area (Å²) < 4.78 is 11.2. The van der Waals surface area contributed by atoms with Gasteiger partial charge in [-0.15, -0.1) is 0 Å². The van der Waals surface area contributed by atoms with Gasteiger partial charge in [-0.3, -0.25) is 9.59 Å². The molecular formula is C21H20N2O4. The highest BCUT2D eigenvalue weighted by molar-refractivity contribution is 6.07. The van der Waals surface area contributed by atoms with E-state index in [2.05, 4.69) is 5.32 Å². The van der Waals surface area contributed by atoms with Gasteiger partial charge < -0.3 is 19.4 Å². The molecule has 0 atom stereocenters. The van der Waals surface area contributed by atoms with Crippen LogP contribution in [0.5, 0.6) is 5.75 Å². The smallest absolute Gasteiger partial charge is 0.291 e. The van der Waals surface area contributed by atoms with E-state index in [0.29, 0.717) is 29.3 Å². The van der Waals surface area contributed by atoms with Crippen LogP contribution in [0, 0.1) is 13.8 Å². The van der Waals surface area contributed by atoms with Crippen LogP contribution in [0.3, 0.4) is 0 Å². The number of likely N-dealkylation sites (N-methyl/N-ethyl adjacent to an activating group) is 1. The molecule has 0 saturated carbocycles. The molecule has 0 unspecified atom stereocenters. The first-order valence-corrected chi connectivity index (χ1v) is 8.86. The summed E-state index contributed by atoms with van der Waals surface area (Å²) >= 11 is 0. The van der Waals surface area contributed by atoms with E-state index in [-0.39, 0.29) is 24.2 Å². The first-order valence-electron chi connectivity index (χ1n) is 8.86. The van der Waals surface area contributed by atoms with Crippen LogP contribution in [0.15, 0.2) is 40.8 Å². The number of amides is 2. The lowest BCUT2D eigenvalue weighted by Gasteiger charge is -2.28. The van der Waals surface area contributed by atoms with Gasteiger partial charge in [-0.1, -0.05) is 12.1 Å². The van der Waals surface area contributed by atoms with Crippen molar-refractivity contribution in [3.63, 3.8) is 0 Å². The predicted molar refractivity (Wildman–Crippen MR) is 104 cm³/mol. The molecule has 0 radical (unpaired) electrons. The summed E-state index contributed by atoms with van der Waals surface area (Å²) in [6, 6.07) is 11.1. The number of nitrogens with one attached hydrogen (secondary N) is 1. The summed E-state index contributed by atoms with van der Waals surface area (Å²) in [5.74, 6) is 0.488. The Morgan fingerprint density at radius 3 is 2.78 bits per heavy atom. The number of nitrogens with zero attached hydrogens (tertiary/aromatic N) is 1. The summed E-state index contributed by atoms with van der Waals surface area (Å²) in [7, 11) is 0. The Bertz CT molecular complexity index is 1070. The van der Waals surface area contributed by atoms with Crippen LogP contribution in [-0.2, 0) is 4.79 Å². The predicted octanol–water partition coefficient (Wildman–Crippen LogP) is 4.05. The molecule has 3 aromatic rings. The van der Waals surface area contributed by atoms with Crippen molar-refractivity contribution < 1.29 is 18.7 Å². The van der Waals surface area contributed by atoms with Gasteiger partial charge in [0.1, 0.15) is 11.3 Å². The Morgan fingerprint density at radius 1 is 1.19 bits per heavy atom. The van der Waals surface area contributed by atoms with Crippen molar-refractivity contribution >= 4 is 34.2 Å². The second kappa shape index (κ2) is 6.46. The minimum Gasteiger partial charge on any atom is -0.482 e. The van der Waals surface area contributed by atoms with Gasteiger partial charge >= 0.3 is 0 Å². The molecule has 6 nitrogen and oxygen atoms in total. The standard InChI is InChI=1S/C21H20N2O4/c1-4-23-16-10-14(6-8-17(16)26-11-19(23)24)22-21(25)20-13(3)15-7-5-12(2)9-18(15)27-20/h5-10H,4,11H2,1-3H3,(H,22,25). The van der Waals surface area contributed by atoms with Gasteiger partial charge in [-0.05, 0) is 50.6 Å². The number of hydrogen-bond acceptors (Lipinski definition) is 4. The van der Waals surface area contributed by atoms with Gasteiger partial charge in [0.25, 0.3) is 11.8 Å². The topological polar surface area (TPSA) is 71.8 Å². The number of anilines is 2. The Kier molecular flexibility index (Phi) is 4.11. The average Bonchev–Trinajstić information content (AvgIpc) is 2.97. The highest BCUT2D eigenvalue weighted by Crippen LogP contribution is 2.35. The van der Waals surface area contributed by atoms with Crippen LogP contribution in [0.4, 0.5) is 11.4 Å². The van der Waals surface area contributed by atoms with Crippen LogP contribution in [0.2, 0.25) is 0 Å². The van der Waals surface area contributed by atoms with E-state index in [9.17, 15) is 9.59 Å². The summed E-state index contributed by atoms with van der Waals surface area (Å²) in [4.78, 5) is 26.4. The van der Waals surface area contributed by atoms with Crippen molar-refractivity contribution in [3.05, 3.63) is 53.3 Å². The maximum atomic E-state index is 12.8. The second-order valence-corrected chi connectivity index (χ2v) is 6.62. The van der Waals surface area contributed by atoms with Crippen LogP contribution in [0.25, 0.3) is 11.0 Å². The molecule has 1 aliphatic rings. The molecule has 2 heterocycles. The third kappa shape index (κ3) is 2.93. The maximum Gasteiger partial charge on any atom is 0.291 e. The van der Waals surface area contributed by atoms with Crippen molar-refractivity contribution in [3.8, 4) is 5.75 Å². The first kappa shape index (κ1) is 17.1. The summed E-state index contributed by atoms with van der Waals surface area (Å²) in [5.41, 5.74) is 3.80. The van der Waals surface area contributed by atoms with Crippen molar-refractivity contribution in [1.82, 2.24) is 0 Å². The van der Waals surface area contributed by atoms with Crippen molar-refractivity contribution in [2.75, 3.05) is 23.4 Å².